The van der Waals surface area contributed by atoms with Crippen molar-refractivity contribution in [3.05, 3.63) is 31.4 Å². The fourth-order valence-electron chi connectivity index (χ4n) is 10.6. The number of nitrogens with two attached hydrogens (primary N) is 3. The van der Waals surface area contributed by atoms with Crippen molar-refractivity contribution in [3.63, 3.8) is 0 Å². The van der Waals surface area contributed by atoms with E-state index in [0.717, 1.165) is 143 Å². The lowest BCUT2D eigenvalue weighted by Crippen LogP contribution is -2.33. The maximum Gasteiger partial charge on any atom is 0.227 e. The van der Waals surface area contributed by atoms with Crippen LogP contribution in [0.2, 0.25) is 0 Å². The first-order chi connectivity index (χ1) is 29.5. The molecule has 324 valence electrons. The molecule has 60 heavy (non-hydrogen) atoms. The monoisotopic (exact) mass is 822 g/mol. The summed E-state index contributed by atoms with van der Waals surface area (Å²) in [5.41, 5.74) is 22.3. The Hall–Kier alpha value is -4.61. The topological polar surface area (TPSA) is 231 Å². The molecule has 4 aliphatic rings. The van der Waals surface area contributed by atoms with Crippen molar-refractivity contribution in [3.8, 4) is 0 Å². The van der Waals surface area contributed by atoms with Crippen LogP contribution in [0.3, 0.4) is 0 Å². The van der Waals surface area contributed by atoms with Crippen LogP contribution in [0.25, 0.3) is 22.3 Å². The number of fused-ring (bicyclic) bond motifs is 2. The number of anilines is 4. The minimum atomic E-state index is 0.283. The highest BCUT2D eigenvalue weighted by atomic mass is 15.2. The zero-order valence-corrected chi connectivity index (χ0v) is 35.3. The minimum absolute atomic E-state index is 0.283. The third-order valence-electron chi connectivity index (χ3n) is 14.1. The van der Waals surface area contributed by atoms with E-state index in [2.05, 4.69) is 40.0 Å². The van der Waals surface area contributed by atoms with E-state index in [-0.39, 0.29) is 6.04 Å². The van der Waals surface area contributed by atoms with E-state index < -0.39 is 0 Å². The van der Waals surface area contributed by atoms with Gasteiger partial charge in [-0.2, -0.15) is 19.9 Å². The first-order valence-electron chi connectivity index (χ1n) is 23.1. The maximum atomic E-state index is 6.31. The summed E-state index contributed by atoms with van der Waals surface area (Å²) in [6, 6.07) is 1.98. The van der Waals surface area contributed by atoms with E-state index in [1.165, 1.54) is 25.7 Å². The second-order valence-electron chi connectivity index (χ2n) is 18.3. The highest BCUT2D eigenvalue weighted by Gasteiger charge is 2.33. The molecule has 17 heteroatoms. The van der Waals surface area contributed by atoms with Crippen molar-refractivity contribution >= 4 is 45.9 Å². The van der Waals surface area contributed by atoms with E-state index in [4.69, 9.17) is 47.1 Å². The van der Waals surface area contributed by atoms with Crippen LogP contribution in [-0.2, 0) is 6.54 Å². The van der Waals surface area contributed by atoms with E-state index in [9.17, 15) is 0 Å². The molecular weight excluding hydrogens is 755 g/mol. The molecule has 0 aliphatic heterocycles. The summed E-state index contributed by atoms with van der Waals surface area (Å²) in [6.07, 6.45) is 29.0. The van der Waals surface area contributed by atoms with Crippen LogP contribution in [0.4, 0.5) is 23.5 Å². The molecule has 3 unspecified atom stereocenters. The normalized spacial score (nSPS) is 25.6. The van der Waals surface area contributed by atoms with Gasteiger partial charge in [0.25, 0.3) is 0 Å². The van der Waals surface area contributed by atoms with E-state index >= 15 is 0 Å². The lowest BCUT2D eigenvalue weighted by molar-refractivity contribution is 0.300. The van der Waals surface area contributed by atoms with E-state index in [1.54, 1.807) is 0 Å². The summed E-state index contributed by atoms with van der Waals surface area (Å²) >= 11 is 0. The molecule has 17 nitrogen and oxygen atoms in total. The number of nitrogens with zero attached hydrogens (tertiary/aromatic N) is 10. The molecule has 9 rings (SSSR count). The first kappa shape index (κ1) is 40.8. The Morgan fingerprint density at radius 3 is 1.83 bits per heavy atom. The SMILES string of the molecule is NCCC(CCNc1nc(NC2CCC(N)CC2)nc2c1ncn2C1CCCC1)C1CCC(n2cnc3c(NCCCn4ccnc4)nc(NC4CCC(N)CC4)nc32)C1. The van der Waals surface area contributed by atoms with Gasteiger partial charge in [-0.1, -0.05) is 12.8 Å². The predicted octanol–water partition coefficient (Wildman–Crippen LogP) is 5.95. The molecule has 0 amide bonds. The van der Waals surface area contributed by atoms with Gasteiger partial charge in [-0.15, -0.1) is 0 Å². The Labute approximate surface area is 353 Å². The minimum Gasteiger partial charge on any atom is -0.368 e. The van der Waals surface area contributed by atoms with Crippen molar-refractivity contribution in [2.24, 2.45) is 29.0 Å². The molecule has 5 heterocycles. The Bertz CT molecular complexity index is 2110. The average molecular weight is 822 g/mol. The smallest absolute Gasteiger partial charge is 0.227 e. The standard InChI is InChI=1S/C43H67N17/c44-18-16-28(17-20-49-39-37-40(59(26-50-37)34-4-1-2-5-34)56-43(55-39)53-33-13-9-31(46)10-14-33)29-6-15-35(24-29)60-27-51-36-38(48-19-3-22-58-23-21-47-25-58)54-42(57-41(36)60)52-32-11-7-30(45)8-12-32/h21,23,25-35H,1-20,22,24,44-46H2,(H2,48,52,54,57)(H2,49,53,55,56). The number of aryl methyl sites for hydroxylation is 1. The maximum absolute atomic E-state index is 6.31. The number of hydrogen-bond acceptors (Lipinski definition) is 14. The van der Waals surface area contributed by atoms with Gasteiger partial charge in [0.15, 0.2) is 34.0 Å². The molecule has 0 saturated heterocycles. The van der Waals surface area contributed by atoms with Gasteiger partial charge in [-0.3, -0.25) is 0 Å². The second kappa shape index (κ2) is 19.0. The summed E-state index contributed by atoms with van der Waals surface area (Å²) in [5, 5.41) is 14.7. The van der Waals surface area contributed by atoms with Crippen molar-refractivity contribution < 1.29 is 0 Å². The number of rotatable bonds is 18. The van der Waals surface area contributed by atoms with Crippen LogP contribution in [0.5, 0.6) is 0 Å². The van der Waals surface area contributed by atoms with Crippen LogP contribution < -0.4 is 38.5 Å². The highest BCUT2D eigenvalue weighted by molar-refractivity contribution is 5.85. The molecule has 0 aromatic carbocycles. The predicted molar refractivity (Wildman–Crippen MR) is 238 cm³/mol. The molecule has 4 aliphatic carbocycles. The summed E-state index contributed by atoms with van der Waals surface area (Å²) in [6.45, 7) is 3.12. The number of hydrogen-bond donors (Lipinski definition) is 7. The zero-order chi connectivity index (χ0) is 40.8. The molecular formula is C43H67N17. The van der Waals surface area contributed by atoms with Crippen molar-refractivity contribution in [2.75, 3.05) is 40.9 Å². The molecule has 4 fully saturated rings. The van der Waals surface area contributed by atoms with Crippen molar-refractivity contribution in [1.82, 2.24) is 48.6 Å². The number of aromatic nitrogens is 10. The zero-order valence-electron chi connectivity index (χ0n) is 35.3. The molecule has 10 N–H and O–H groups in total. The number of nitrogens with one attached hydrogen (secondary N) is 4. The number of imidazole rings is 3. The fourth-order valence-corrected chi connectivity index (χ4v) is 10.6. The lowest BCUT2D eigenvalue weighted by atomic mass is 9.85. The van der Waals surface area contributed by atoms with Crippen LogP contribution in [-0.4, -0.2) is 92.4 Å². The summed E-state index contributed by atoms with van der Waals surface area (Å²) in [5.74, 6) is 3.99. The Morgan fingerprint density at radius 2 is 1.25 bits per heavy atom. The quantitative estimate of drug-likeness (QED) is 0.0507. The highest BCUT2D eigenvalue weighted by Crippen LogP contribution is 2.42. The fraction of sp³-hybridized carbons (Fsp3) is 0.698. The molecule has 0 bridgehead atoms. The Kier molecular flexibility index (Phi) is 12.9. The molecule has 5 aromatic heterocycles. The second-order valence-corrected chi connectivity index (χ2v) is 18.3. The third kappa shape index (κ3) is 9.47. The van der Waals surface area contributed by atoms with Gasteiger partial charge in [0, 0.05) is 68.3 Å². The summed E-state index contributed by atoms with van der Waals surface area (Å²) in [4.78, 5) is 34.3. The van der Waals surface area contributed by atoms with Gasteiger partial charge in [-0.25, -0.2) is 15.0 Å². The summed E-state index contributed by atoms with van der Waals surface area (Å²) in [7, 11) is 0. The van der Waals surface area contributed by atoms with Gasteiger partial charge in [0.1, 0.15) is 0 Å². The van der Waals surface area contributed by atoms with Crippen LogP contribution >= 0.6 is 0 Å². The average Bonchev–Trinajstić information content (AvgIpc) is 4.11. The Morgan fingerprint density at radius 1 is 0.650 bits per heavy atom. The van der Waals surface area contributed by atoms with Gasteiger partial charge in [-0.05, 0) is 121 Å². The third-order valence-corrected chi connectivity index (χ3v) is 14.1. The van der Waals surface area contributed by atoms with Gasteiger partial charge >= 0.3 is 0 Å². The van der Waals surface area contributed by atoms with Crippen molar-refractivity contribution in [2.45, 2.75) is 158 Å². The van der Waals surface area contributed by atoms with E-state index in [0.29, 0.717) is 60.5 Å². The molecule has 3 atom stereocenters. The van der Waals surface area contributed by atoms with Gasteiger partial charge < -0.3 is 52.2 Å². The van der Waals surface area contributed by atoms with Crippen LogP contribution in [0, 0.1) is 11.8 Å². The summed E-state index contributed by atoms with van der Waals surface area (Å²) < 4.78 is 6.71. The molecule has 0 radical (unpaired) electrons. The first-order valence-corrected chi connectivity index (χ1v) is 23.1. The lowest BCUT2D eigenvalue weighted by Gasteiger charge is -2.27. The van der Waals surface area contributed by atoms with E-state index in [1.807, 2.05) is 31.4 Å². The molecule has 0 spiro atoms. The van der Waals surface area contributed by atoms with Gasteiger partial charge in [0.05, 0.1) is 19.0 Å². The van der Waals surface area contributed by atoms with Crippen LogP contribution in [0.15, 0.2) is 31.4 Å². The Balaban J connectivity index is 0.886. The molecule has 4 saturated carbocycles. The van der Waals surface area contributed by atoms with Gasteiger partial charge in [0.2, 0.25) is 11.9 Å². The largest absolute Gasteiger partial charge is 0.368 e. The molecule has 5 aromatic rings. The van der Waals surface area contributed by atoms with Crippen molar-refractivity contribution in [1.29, 1.82) is 0 Å². The van der Waals surface area contributed by atoms with Crippen LogP contribution in [0.1, 0.15) is 128 Å².